The number of aryl methyl sites for hydroxylation is 1. The van der Waals surface area contributed by atoms with Gasteiger partial charge in [0.25, 0.3) is 0 Å². The molecule has 1 saturated heterocycles. The van der Waals surface area contributed by atoms with Crippen molar-refractivity contribution in [2.45, 2.75) is 26.2 Å². The number of benzene rings is 1. The molecule has 0 saturated carbocycles. The second-order valence-corrected chi connectivity index (χ2v) is 9.32. The Hall–Kier alpha value is -2.98. The molecule has 9 nitrogen and oxygen atoms in total. The van der Waals surface area contributed by atoms with Gasteiger partial charge in [0.1, 0.15) is 21.9 Å². The van der Waals surface area contributed by atoms with Gasteiger partial charge >= 0.3 is 0 Å². The fourth-order valence-electron chi connectivity index (χ4n) is 4.04. The zero-order chi connectivity index (χ0) is 22.8. The van der Waals surface area contributed by atoms with Crippen molar-refractivity contribution < 1.29 is 9.53 Å². The minimum Gasteiger partial charge on any atom is -0.491 e. The highest BCUT2D eigenvalue weighted by Gasteiger charge is 2.24. The number of H-pyrrole nitrogens is 1. The molecule has 33 heavy (non-hydrogen) atoms. The summed E-state index contributed by atoms with van der Waals surface area (Å²) in [4.78, 5) is 27.9. The molecule has 1 aromatic carbocycles. The van der Waals surface area contributed by atoms with Crippen LogP contribution in [0.4, 0.5) is 5.82 Å². The summed E-state index contributed by atoms with van der Waals surface area (Å²) in [6.07, 6.45) is 2.05. The van der Waals surface area contributed by atoms with Gasteiger partial charge < -0.3 is 14.5 Å². The first kappa shape index (κ1) is 21.8. The van der Waals surface area contributed by atoms with Gasteiger partial charge in [0.2, 0.25) is 11.2 Å². The minimum absolute atomic E-state index is 0.146. The number of amides is 1. The van der Waals surface area contributed by atoms with Crippen LogP contribution in [-0.2, 0) is 11.2 Å². The first-order valence-corrected chi connectivity index (χ1v) is 12.2. The van der Waals surface area contributed by atoms with Crippen LogP contribution in [0.2, 0.25) is 5.28 Å². The van der Waals surface area contributed by atoms with E-state index in [2.05, 4.69) is 43.3 Å². The topological polar surface area (TPSA) is 100 Å². The van der Waals surface area contributed by atoms with Gasteiger partial charge in [-0.15, -0.1) is 11.3 Å². The fraction of sp³-hybridized carbons (Fsp3) is 0.409. The van der Waals surface area contributed by atoms with Crippen LogP contribution in [0.3, 0.4) is 0 Å². The highest BCUT2D eigenvalue weighted by atomic mass is 35.5. The number of carbonyl (C=O) groups is 1. The number of fused-ring (bicyclic) bond motifs is 2. The molecule has 0 atom stereocenters. The third-order valence-electron chi connectivity index (χ3n) is 5.78. The summed E-state index contributed by atoms with van der Waals surface area (Å²) in [6.45, 7) is 5.33. The van der Waals surface area contributed by atoms with E-state index in [1.54, 1.807) is 11.3 Å². The van der Waals surface area contributed by atoms with Crippen molar-refractivity contribution in [3.8, 4) is 5.75 Å². The van der Waals surface area contributed by atoms with Crippen LogP contribution in [0.25, 0.3) is 21.3 Å². The van der Waals surface area contributed by atoms with E-state index in [1.807, 2.05) is 23.1 Å². The lowest BCUT2D eigenvalue weighted by molar-refractivity contribution is -0.131. The second kappa shape index (κ2) is 9.48. The molecule has 0 spiro atoms. The van der Waals surface area contributed by atoms with Crippen molar-refractivity contribution >= 4 is 55.9 Å². The molecule has 0 aliphatic carbocycles. The van der Waals surface area contributed by atoms with E-state index in [9.17, 15) is 4.79 Å². The Morgan fingerprint density at radius 1 is 1.21 bits per heavy atom. The molecule has 172 valence electrons. The lowest BCUT2D eigenvalue weighted by atomic mass is 10.2. The summed E-state index contributed by atoms with van der Waals surface area (Å²) in [5.74, 6) is 1.69. The van der Waals surface area contributed by atoms with Gasteiger partial charge in [0.05, 0.1) is 12.0 Å². The number of anilines is 1. The third kappa shape index (κ3) is 4.58. The van der Waals surface area contributed by atoms with E-state index in [-0.39, 0.29) is 11.2 Å². The Kier molecular flexibility index (Phi) is 6.28. The monoisotopic (exact) mass is 485 g/mol. The standard InChI is InChI=1S/C22H24ClN7O2S/c1-2-14-13-15-20(24-22(23)25-21(15)33-14)30-10-8-29(9-11-30)18(31)7-4-12-32-17-6-3-5-16-19(17)27-28-26-16/h3,5-6,13H,2,4,7-12H2,1H3,(H,26,27,28). The number of nitrogens with one attached hydrogen (secondary N) is 1. The number of halogens is 1. The Bertz CT molecular complexity index is 1280. The Morgan fingerprint density at radius 2 is 2.06 bits per heavy atom. The number of hydrogen-bond donors (Lipinski definition) is 1. The normalized spacial score (nSPS) is 14.4. The average Bonchev–Trinajstić information content (AvgIpc) is 3.48. The number of nitrogens with zero attached hydrogens (tertiary/aromatic N) is 6. The van der Waals surface area contributed by atoms with E-state index in [0.29, 0.717) is 43.8 Å². The third-order valence-corrected chi connectivity index (χ3v) is 7.12. The number of carbonyl (C=O) groups excluding carboxylic acids is 1. The van der Waals surface area contributed by atoms with E-state index >= 15 is 0 Å². The van der Waals surface area contributed by atoms with Gasteiger partial charge in [0.15, 0.2) is 5.52 Å². The molecular formula is C22H24ClN7O2S. The second-order valence-electron chi connectivity index (χ2n) is 7.87. The van der Waals surface area contributed by atoms with E-state index in [0.717, 1.165) is 41.1 Å². The molecule has 3 aromatic heterocycles. The largest absolute Gasteiger partial charge is 0.491 e. The molecule has 1 aliphatic rings. The first-order valence-electron chi connectivity index (χ1n) is 11.0. The van der Waals surface area contributed by atoms with Crippen LogP contribution >= 0.6 is 22.9 Å². The maximum atomic E-state index is 12.7. The van der Waals surface area contributed by atoms with Crippen molar-refractivity contribution in [3.05, 3.63) is 34.4 Å². The fourth-order valence-corrected chi connectivity index (χ4v) is 5.21. The van der Waals surface area contributed by atoms with Gasteiger partial charge in [-0.2, -0.15) is 20.4 Å². The number of para-hydroxylation sites is 1. The Balaban J connectivity index is 1.14. The van der Waals surface area contributed by atoms with Crippen molar-refractivity contribution in [2.75, 3.05) is 37.7 Å². The van der Waals surface area contributed by atoms with Crippen LogP contribution in [0.5, 0.6) is 5.75 Å². The van der Waals surface area contributed by atoms with Crippen molar-refractivity contribution in [1.82, 2.24) is 30.3 Å². The summed E-state index contributed by atoms with van der Waals surface area (Å²) in [5.41, 5.74) is 1.47. The van der Waals surface area contributed by atoms with Gasteiger partial charge in [-0.1, -0.05) is 13.0 Å². The average molecular weight is 486 g/mol. The molecule has 5 rings (SSSR count). The van der Waals surface area contributed by atoms with Crippen LogP contribution in [0, 0.1) is 0 Å². The number of piperazine rings is 1. The summed E-state index contributed by atoms with van der Waals surface area (Å²) in [5, 5.41) is 12.1. The quantitative estimate of drug-likeness (QED) is 0.314. The molecule has 1 N–H and O–H groups in total. The molecule has 0 radical (unpaired) electrons. The van der Waals surface area contributed by atoms with Gasteiger partial charge in [-0.05, 0) is 42.6 Å². The van der Waals surface area contributed by atoms with Crippen LogP contribution < -0.4 is 9.64 Å². The maximum Gasteiger partial charge on any atom is 0.225 e. The molecule has 1 fully saturated rings. The smallest absolute Gasteiger partial charge is 0.225 e. The van der Waals surface area contributed by atoms with Crippen molar-refractivity contribution in [2.24, 2.45) is 0 Å². The number of aromatic amines is 1. The van der Waals surface area contributed by atoms with Crippen LogP contribution in [0.1, 0.15) is 24.6 Å². The lowest BCUT2D eigenvalue weighted by Crippen LogP contribution is -2.49. The highest BCUT2D eigenvalue weighted by Crippen LogP contribution is 2.32. The summed E-state index contributed by atoms with van der Waals surface area (Å²) >= 11 is 7.85. The van der Waals surface area contributed by atoms with Crippen LogP contribution in [0.15, 0.2) is 24.3 Å². The van der Waals surface area contributed by atoms with Crippen molar-refractivity contribution in [1.29, 1.82) is 0 Å². The predicted octanol–water partition coefficient (Wildman–Crippen LogP) is 3.69. The first-order chi connectivity index (χ1) is 16.1. The molecule has 0 bridgehead atoms. The molecule has 1 aliphatic heterocycles. The molecule has 0 unspecified atom stereocenters. The Labute approximate surface area is 199 Å². The molecular weight excluding hydrogens is 462 g/mol. The van der Waals surface area contributed by atoms with E-state index in [4.69, 9.17) is 16.3 Å². The Morgan fingerprint density at radius 3 is 2.88 bits per heavy atom. The summed E-state index contributed by atoms with van der Waals surface area (Å²) in [7, 11) is 0. The SMILES string of the molecule is CCc1cc2c(N3CCN(C(=O)CCCOc4cccc5n[nH]nc45)CC3)nc(Cl)nc2s1. The number of thiophene rings is 1. The lowest BCUT2D eigenvalue weighted by Gasteiger charge is -2.35. The molecule has 4 aromatic rings. The van der Waals surface area contributed by atoms with E-state index in [1.165, 1.54) is 4.88 Å². The zero-order valence-electron chi connectivity index (χ0n) is 18.3. The van der Waals surface area contributed by atoms with Gasteiger partial charge in [0, 0.05) is 37.5 Å². The van der Waals surface area contributed by atoms with Gasteiger partial charge in [-0.25, -0.2) is 4.98 Å². The molecule has 1 amide bonds. The molecule has 4 heterocycles. The number of aromatic nitrogens is 5. The summed E-state index contributed by atoms with van der Waals surface area (Å²) < 4.78 is 5.83. The van der Waals surface area contributed by atoms with Crippen molar-refractivity contribution in [3.63, 3.8) is 0 Å². The number of hydrogen-bond acceptors (Lipinski definition) is 8. The van der Waals surface area contributed by atoms with Gasteiger partial charge in [-0.3, -0.25) is 4.79 Å². The van der Waals surface area contributed by atoms with E-state index < -0.39 is 0 Å². The predicted molar refractivity (Wildman–Crippen MR) is 129 cm³/mol. The minimum atomic E-state index is 0.146. The zero-order valence-corrected chi connectivity index (χ0v) is 19.8. The summed E-state index contributed by atoms with van der Waals surface area (Å²) in [6, 6.07) is 7.76. The highest BCUT2D eigenvalue weighted by molar-refractivity contribution is 7.18. The molecule has 11 heteroatoms. The number of ether oxygens (including phenoxy) is 1. The maximum absolute atomic E-state index is 12.7. The number of rotatable bonds is 7. The van der Waals surface area contributed by atoms with Crippen LogP contribution in [-0.4, -0.2) is 69.0 Å².